The Morgan fingerprint density at radius 1 is 1.20 bits per heavy atom. The molecule has 1 aliphatic heterocycles. The third-order valence-corrected chi connectivity index (χ3v) is 1.81. The molecule has 0 aromatic heterocycles. The standard InChI is InChI=1S/C7H16N3/c1-9(2)10-6-3-4-8-5-7-10/h3-7H2,1-2H3. The van der Waals surface area contributed by atoms with Gasteiger partial charge in [0.25, 0.3) is 0 Å². The SMILES string of the molecule is CN(C)N1CCC[N]CC1. The van der Waals surface area contributed by atoms with Gasteiger partial charge in [-0.05, 0) is 6.42 Å². The van der Waals surface area contributed by atoms with Gasteiger partial charge in [-0.2, -0.15) is 0 Å². The van der Waals surface area contributed by atoms with E-state index in [0.717, 1.165) is 26.2 Å². The molecule has 0 N–H and O–H groups in total. The van der Waals surface area contributed by atoms with Gasteiger partial charge in [0.2, 0.25) is 0 Å². The zero-order valence-corrected chi connectivity index (χ0v) is 6.88. The molecule has 0 aliphatic carbocycles. The van der Waals surface area contributed by atoms with Gasteiger partial charge in [0.1, 0.15) is 0 Å². The third-order valence-electron chi connectivity index (χ3n) is 1.81. The number of rotatable bonds is 1. The summed E-state index contributed by atoms with van der Waals surface area (Å²) < 4.78 is 0. The smallest absolute Gasteiger partial charge is 0.0275 e. The number of nitrogens with zero attached hydrogens (tertiary/aromatic N) is 3. The average molecular weight is 142 g/mol. The second-order valence-electron chi connectivity index (χ2n) is 2.83. The monoisotopic (exact) mass is 142 g/mol. The minimum Gasteiger partial charge on any atom is -0.248 e. The van der Waals surface area contributed by atoms with Crippen molar-refractivity contribution in [3.8, 4) is 0 Å². The van der Waals surface area contributed by atoms with Gasteiger partial charge in [0.05, 0.1) is 0 Å². The Morgan fingerprint density at radius 2 is 2.00 bits per heavy atom. The van der Waals surface area contributed by atoms with Crippen molar-refractivity contribution in [3.05, 3.63) is 0 Å². The highest BCUT2D eigenvalue weighted by atomic mass is 15.6. The van der Waals surface area contributed by atoms with Crippen LogP contribution in [0.25, 0.3) is 0 Å². The van der Waals surface area contributed by atoms with Crippen LogP contribution >= 0.6 is 0 Å². The maximum Gasteiger partial charge on any atom is 0.0275 e. The van der Waals surface area contributed by atoms with Crippen LogP contribution in [0.1, 0.15) is 6.42 Å². The molecule has 1 heterocycles. The normalized spacial score (nSPS) is 23.1. The molecule has 10 heavy (non-hydrogen) atoms. The van der Waals surface area contributed by atoms with Gasteiger partial charge in [-0.25, -0.2) is 15.3 Å². The lowest BCUT2D eigenvalue weighted by Crippen LogP contribution is -2.38. The molecule has 0 atom stereocenters. The summed E-state index contributed by atoms with van der Waals surface area (Å²) in [6.45, 7) is 4.30. The van der Waals surface area contributed by atoms with Gasteiger partial charge in [-0.15, -0.1) is 0 Å². The summed E-state index contributed by atoms with van der Waals surface area (Å²) in [5, 5.41) is 8.82. The second kappa shape index (κ2) is 3.91. The highest BCUT2D eigenvalue weighted by Gasteiger charge is 2.09. The summed E-state index contributed by atoms with van der Waals surface area (Å²) in [5.74, 6) is 0. The van der Waals surface area contributed by atoms with E-state index >= 15 is 0 Å². The lowest BCUT2D eigenvalue weighted by molar-refractivity contribution is 0.0326. The molecule has 1 fully saturated rings. The highest BCUT2D eigenvalue weighted by Crippen LogP contribution is 1.96. The molecule has 59 valence electrons. The molecule has 1 aliphatic rings. The molecule has 1 rings (SSSR count). The van der Waals surface area contributed by atoms with Crippen LogP contribution < -0.4 is 5.32 Å². The summed E-state index contributed by atoms with van der Waals surface area (Å²) in [6.07, 6.45) is 1.21. The predicted molar refractivity (Wildman–Crippen MR) is 41.7 cm³/mol. The maximum atomic E-state index is 4.34. The first-order valence-electron chi connectivity index (χ1n) is 3.86. The predicted octanol–water partition coefficient (Wildman–Crippen LogP) is -0.227. The van der Waals surface area contributed by atoms with E-state index in [-0.39, 0.29) is 0 Å². The molecular formula is C7H16N3. The first-order chi connectivity index (χ1) is 4.80. The molecule has 1 radical (unpaired) electrons. The minimum absolute atomic E-state index is 0.998. The minimum atomic E-state index is 0.998. The topological polar surface area (TPSA) is 20.6 Å². The van der Waals surface area contributed by atoms with E-state index < -0.39 is 0 Å². The van der Waals surface area contributed by atoms with E-state index in [4.69, 9.17) is 0 Å². The van der Waals surface area contributed by atoms with E-state index in [1.54, 1.807) is 0 Å². The summed E-state index contributed by atoms with van der Waals surface area (Å²) in [6, 6.07) is 0. The third kappa shape index (κ3) is 2.25. The van der Waals surface area contributed by atoms with Gasteiger partial charge in [-0.3, -0.25) is 0 Å². The summed E-state index contributed by atoms with van der Waals surface area (Å²) in [4.78, 5) is 0. The molecule has 0 aromatic rings. The lowest BCUT2D eigenvalue weighted by atomic mass is 10.4. The molecule has 0 aromatic carbocycles. The van der Waals surface area contributed by atoms with Crippen LogP contribution in [0.4, 0.5) is 0 Å². The second-order valence-corrected chi connectivity index (χ2v) is 2.83. The van der Waals surface area contributed by atoms with E-state index in [9.17, 15) is 0 Å². The van der Waals surface area contributed by atoms with E-state index in [0.29, 0.717) is 0 Å². The quantitative estimate of drug-likeness (QED) is 0.504. The number of hydrogen-bond acceptors (Lipinski definition) is 2. The summed E-state index contributed by atoms with van der Waals surface area (Å²) in [5.41, 5.74) is 0. The van der Waals surface area contributed by atoms with E-state index in [1.165, 1.54) is 6.42 Å². The van der Waals surface area contributed by atoms with Crippen molar-refractivity contribution in [2.75, 3.05) is 40.3 Å². The van der Waals surface area contributed by atoms with Crippen molar-refractivity contribution in [2.45, 2.75) is 6.42 Å². The van der Waals surface area contributed by atoms with Crippen LogP contribution in [-0.4, -0.2) is 50.3 Å². The van der Waals surface area contributed by atoms with Crippen molar-refractivity contribution >= 4 is 0 Å². The van der Waals surface area contributed by atoms with E-state index in [1.807, 2.05) is 0 Å². The number of hydrazine groups is 1. The van der Waals surface area contributed by atoms with E-state index in [2.05, 4.69) is 29.4 Å². The van der Waals surface area contributed by atoms with Gasteiger partial charge >= 0.3 is 0 Å². The molecule has 0 spiro atoms. The fourth-order valence-electron chi connectivity index (χ4n) is 1.17. The Labute approximate surface area is 63.0 Å². The zero-order valence-electron chi connectivity index (χ0n) is 6.88. The van der Waals surface area contributed by atoms with Crippen molar-refractivity contribution in [1.29, 1.82) is 0 Å². The molecule has 0 saturated carbocycles. The fourth-order valence-corrected chi connectivity index (χ4v) is 1.17. The maximum absolute atomic E-state index is 4.34. The molecule has 0 unspecified atom stereocenters. The van der Waals surface area contributed by atoms with Crippen molar-refractivity contribution in [1.82, 2.24) is 15.3 Å². The Balaban J connectivity index is 2.28. The highest BCUT2D eigenvalue weighted by molar-refractivity contribution is 4.61. The van der Waals surface area contributed by atoms with Gasteiger partial charge < -0.3 is 0 Å². The van der Waals surface area contributed by atoms with Crippen LogP contribution in [0.2, 0.25) is 0 Å². The fraction of sp³-hybridized carbons (Fsp3) is 1.00. The Bertz CT molecular complexity index is 84.9. The van der Waals surface area contributed by atoms with Gasteiger partial charge in [0.15, 0.2) is 0 Å². The molecule has 3 nitrogen and oxygen atoms in total. The van der Waals surface area contributed by atoms with Crippen molar-refractivity contribution < 1.29 is 0 Å². The first-order valence-corrected chi connectivity index (χ1v) is 3.86. The number of hydrogen-bond donors (Lipinski definition) is 0. The Kier molecular flexibility index (Phi) is 3.12. The van der Waals surface area contributed by atoms with Crippen LogP contribution in [0.15, 0.2) is 0 Å². The van der Waals surface area contributed by atoms with Crippen LogP contribution in [-0.2, 0) is 0 Å². The summed E-state index contributed by atoms with van der Waals surface area (Å²) >= 11 is 0. The molecule has 0 amide bonds. The van der Waals surface area contributed by atoms with Crippen molar-refractivity contribution in [3.63, 3.8) is 0 Å². The molecule has 0 bridgehead atoms. The summed E-state index contributed by atoms with van der Waals surface area (Å²) in [7, 11) is 4.18. The largest absolute Gasteiger partial charge is 0.248 e. The van der Waals surface area contributed by atoms with Crippen LogP contribution in [0, 0.1) is 0 Å². The average Bonchev–Trinajstić information content (AvgIpc) is 2.12. The van der Waals surface area contributed by atoms with Crippen molar-refractivity contribution in [2.24, 2.45) is 0 Å². The van der Waals surface area contributed by atoms with Gasteiger partial charge in [-0.1, -0.05) is 0 Å². The van der Waals surface area contributed by atoms with Gasteiger partial charge in [0, 0.05) is 40.3 Å². The van der Waals surface area contributed by atoms with Crippen LogP contribution in [0.3, 0.4) is 0 Å². The van der Waals surface area contributed by atoms with Crippen LogP contribution in [0.5, 0.6) is 0 Å². The zero-order chi connectivity index (χ0) is 7.40. The Morgan fingerprint density at radius 3 is 2.70 bits per heavy atom. The molecule has 1 saturated heterocycles. The molecule has 3 heteroatoms. The molecular weight excluding hydrogens is 126 g/mol. The Hall–Kier alpha value is -0.120. The first kappa shape index (κ1) is 7.98. The lowest BCUT2D eigenvalue weighted by Gasteiger charge is -2.26.